The molecule has 1 aromatic carbocycles. The van der Waals surface area contributed by atoms with Crippen LogP contribution in [0.1, 0.15) is 29.3 Å². The number of carbonyl (C=O) groups is 1. The van der Waals surface area contributed by atoms with Gasteiger partial charge in [0.1, 0.15) is 5.75 Å². The molecule has 1 amide bonds. The van der Waals surface area contributed by atoms with E-state index in [4.69, 9.17) is 5.11 Å². The van der Waals surface area contributed by atoms with Gasteiger partial charge in [-0.2, -0.15) is 0 Å². The molecule has 0 saturated carbocycles. The van der Waals surface area contributed by atoms with Crippen LogP contribution in [0.3, 0.4) is 0 Å². The molecule has 4 heteroatoms. The largest absolute Gasteiger partial charge is 0.507 e. The van der Waals surface area contributed by atoms with Crippen molar-refractivity contribution in [3.63, 3.8) is 0 Å². The van der Waals surface area contributed by atoms with Crippen LogP contribution in [0, 0.1) is 6.92 Å². The van der Waals surface area contributed by atoms with Crippen LogP contribution in [0.5, 0.6) is 5.75 Å². The number of phenolic OH excluding ortho intramolecular Hbond substituents is 1. The molecule has 0 aromatic heterocycles. The van der Waals surface area contributed by atoms with Gasteiger partial charge in [0.05, 0.1) is 11.7 Å². The molecule has 0 saturated heterocycles. The van der Waals surface area contributed by atoms with Crippen molar-refractivity contribution in [3.05, 3.63) is 29.3 Å². The standard InChI is InChI=1S/C12H17NO3/c1-8-4-3-5-10(11(8)15)12(16)13-7-6-9(2)14/h3-5,9,14-15H,6-7H2,1-2H3,(H,13,16). The smallest absolute Gasteiger partial charge is 0.255 e. The highest BCUT2D eigenvalue weighted by Gasteiger charge is 2.11. The lowest BCUT2D eigenvalue weighted by atomic mass is 10.1. The average molecular weight is 223 g/mol. The summed E-state index contributed by atoms with van der Waals surface area (Å²) >= 11 is 0. The minimum absolute atomic E-state index is 0.0112. The van der Waals surface area contributed by atoms with E-state index in [0.717, 1.165) is 0 Å². The van der Waals surface area contributed by atoms with E-state index < -0.39 is 6.10 Å². The Morgan fingerprint density at radius 3 is 2.81 bits per heavy atom. The van der Waals surface area contributed by atoms with Crippen molar-refractivity contribution in [2.75, 3.05) is 6.54 Å². The third kappa shape index (κ3) is 3.24. The molecular formula is C12H17NO3. The van der Waals surface area contributed by atoms with Crippen molar-refractivity contribution in [3.8, 4) is 5.75 Å². The van der Waals surface area contributed by atoms with Gasteiger partial charge < -0.3 is 15.5 Å². The molecular weight excluding hydrogens is 206 g/mol. The number of aliphatic hydroxyl groups excluding tert-OH is 1. The molecule has 88 valence electrons. The van der Waals surface area contributed by atoms with Crippen molar-refractivity contribution in [1.82, 2.24) is 5.32 Å². The summed E-state index contributed by atoms with van der Waals surface area (Å²) < 4.78 is 0. The summed E-state index contributed by atoms with van der Waals surface area (Å²) in [5.74, 6) is -0.307. The highest BCUT2D eigenvalue weighted by atomic mass is 16.3. The van der Waals surface area contributed by atoms with E-state index in [2.05, 4.69) is 5.32 Å². The number of benzene rings is 1. The first-order chi connectivity index (χ1) is 7.52. The van der Waals surface area contributed by atoms with E-state index in [1.165, 1.54) is 0 Å². The maximum Gasteiger partial charge on any atom is 0.255 e. The summed E-state index contributed by atoms with van der Waals surface area (Å²) in [6.45, 7) is 3.79. The van der Waals surface area contributed by atoms with Crippen LogP contribution in [0.4, 0.5) is 0 Å². The lowest BCUT2D eigenvalue weighted by Crippen LogP contribution is -2.26. The minimum Gasteiger partial charge on any atom is -0.507 e. The fourth-order valence-corrected chi connectivity index (χ4v) is 1.33. The van der Waals surface area contributed by atoms with Gasteiger partial charge in [-0.25, -0.2) is 0 Å². The molecule has 0 spiro atoms. The van der Waals surface area contributed by atoms with Gasteiger partial charge in [0.2, 0.25) is 0 Å². The zero-order valence-electron chi connectivity index (χ0n) is 9.53. The van der Waals surface area contributed by atoms with Gasteiger partial charge in [-0.15, -0.1) is 0 Å². The second-order valence-corrected chi connectivity index (χ2v) is 3.86. The molecule has 1 unspecified atom stereocenters. The van der Waals surface area contributed by atoms with Crippen molar-refractivity contribution >= 4 is 5.91 Å². The molecule has 4 nitrogen and oxygen atoms in total. The maximum absolute atomic E-state index is 11.6. The van der Waals surface area contributed by atoms with E-state index in [1.54, 1.807) is 32.0 Å². The van der Waals surface area contributed by atoms with E-state index >= 15 is 0 Å². The Morgan fingerprint density at radius 1 is 1.50 bits per heavy atom. The highest BCUT2D eigenvalue weighted by molar-refractivity contribution is 5.97. The number of hydrogen-bond donors (Lipinski definition) is 3. The van der Waals surface area contributed by atoms with Crippen LogP contribution in [-0.4, -0.2) is 28.8 Å². The normalized spacial score (nSPS) is 12.2. The molecule has 0 bridgehead atoms. The molecule has 16 heavy (non-hydrogen) atoms. The third-order valence-electron chi connectivity index (χ3n) is 2.33. The van der Waals surface area contributed by atoms with E-state index in [0.29, 0.717) is 18.5 Å². The molecule has 3 N–H and O–H groups in total. The molecule has 0 aliphatic rings. The first-order valence-corrected chi connectivity index (χ1v) is 5.27. The second kappa shape index (κ2) is 5.51. The number of para-hydroxylation sites is 1. The quantitative estimate of drug-likeness (QED) is 0.718. The summed E-state index contributed by atoms with van der Waals surface area (Å²) in [7, 11) is 0. The first kappa shape index (κ1) is 12.5. The van der Waals surface area contributed by atoms with Crippen molar-refractivity contribution in [2.24, 2.45) is 0 Å². The number of rotatable bonds is 4. The molecule has 0 fully saturated rings. The summed E-state index contributed by atoms with van der Waals surface area (Å²) in [6.07, 6.45) is 0.0598. The number of aliphatic hydroxyl groups is 1. The Balaban J connectivity index is 2.63. The van der Waals surface area contributed by atoms with Gasteiger partial charge in [-0.1, -0.05) is 12.1 Å². The summed E-state index contributed by atoms with van der Waals surface area (Å²) in [5.41, 5.74) is 0.939. The van der Waals surface area contributed by atoms with Crippen LogP contribution in [-0.2, 0) is 0 Å². The lowest BCUT2D eigenvalue weighted by molar-refractivity contribution is 0.0943. The number of aryl methyl sites for hydroxylation is 1. The van der Waals surface area contributed by atoms with Gasteiger partial charge >= 0.3 is 0 Å². The monoisotopic (exact) mass is 223 g/mol. The third-order valence-corrected chi connectivity index (χ3v) is 2.33. The predicted octanol–water partition coefficient (Wildman–Crippen LogP) is 1.20. The van der Waals surface area contributed by atoms with Crippen molar-refractivity contribution < 1.29 is 15.0 Å². The van der Waals surface area contributed by atoms with Gasteiger partial charge in [0, 0.05) is 6.54 Å². The van der Waals surface area contributed by atoms with Gasteiger partial charge in [0.15, 0.2) is 0 Å². The minimum atomic E-state index is -0.439. The Labute approximate surface area is 94.9 Å². The topological polar surface area (TPSA) is 69.6 Å². The van der Waals surface area contributed by atoms with Crippen LogP contribution in [0.2, 0.25) is 0 Å². The first-order valence-electron chi connectivity index (χ1n) is 5.27. The Kier molecular flexibility index (Phi) is 4.31. The Morgan fingerprint density at radius 2 is 2.19 bits per heavy atom. The van der Waals surface area contributed by atoms with E-state index in [9.17, 15) is 9.90 Å². The predicted molar refractivity (Wildman–Crippen MR) is 61.5 cm³/mol. The zero-order chi connectivity index (χ0) is 12.1. The molecule has 1 rings (SSSR count). The van der Waals surface area contributed by atoms with Crippen LogP contribution < -0.4 is 5.32 Å². The number of aromatic hydroxyl groups is 1. The highest BCUT2D eigenvalue weighted by Crippen LogP contribution is 2.20. The molecule has 0 aliphatic heterocycles. The van der Waals surface area contributed by atoms with Gasteiger partial charge in [-0.3, -0.25) is 4.79 Å². The van der Waals surface area contributed by atoms with Crippen LogP contribution in [0.25, 0.3) is 0 Å². The Bertz CT molecular complexity index is 375. The molecule has 0 radical (unpaired) electrons. The van der Waals surface area contributed by atoms with Crippen LogP contribution >= 0.6 is 0 Å². The molecule has 1 atom stereocenters. The summed E-state index contributed by atoms with van der Waals surface area (Å²) in [5, 5.41) is 21.3. The van der Waals surface area contributed by atoms with Crippen LogP contribution in [0.15, 0.2) is 18.2 Å². The fourth-order valence-electron chi connectivity index (χ4n) is 1.33. The molecule has 0 heterocycles. The van der Waals surface area contributed by atoms with Crippen molar-refractivity contribution in [2.45, 2.75) is 26.4 Å². The van der Waals surface area contributed by atoms with E-state index in [1.807, 2.05) is 0 Å². The zero-order valence-corrected chi connectivity index (χ0v) is 9.53. The number of hydrogen-bond acceptors (Lipinski definition) is 3. The number of amides is 1. The molecule has 0 aliphatic carbocycles. The van der Waals surface area contributed by atoms with E-state index in [-0.39, 0.29) is 17.2 Å². The van der Waals surface area contributed by atoms with Crippen molar-refractivity contribution in [1.29, 1.82) is 0 Å². The number of carbonyl (C=O) groups excluding carboxylic acids is 1. The SMILES string of the molecule is Cc1cccc(C(=O)NCCC(C)O)c1O. The maximum atomic E-state index is 11.6. The van der Waals surface area contributed by atoms with Gasteiger partial charge in [0.25, 0.3) is 5.91 Å². The average Bonchev–Trinajstić information content (AvgIpc) is 2.21. The lowest BCUT2D eigenvalue weighted by Gasteiger charge is -2.09. The number of nitrogens with one attached hydrogen (secondary N) is 1. The van der Waals surface area contributed by atoms with Gasteiger partial charge in [-0.05, 0) is 31.9 Å². The fraction of sp³-hybridized carbons (Fsp3) is 0.417. The summed E-state index contributed by atoms with van der Waals surface area (Å²) in [6, 6.07) is 5.03. The second-order valence-electron chi connectivity index (χ2n) is 3.86. The summed E-state index contributed by atoms with van der Waals surface area (Å²) in [4.78, 5) is 11.6. The Hall–Kier alpha value is -1.55. The molecule has 1 aromatic rings. The number of phenols is 1.